The minimum Gasteiger partial charge on any atom is -0.465 e. The zero-order valence-electron chi connectivity index (χ0n) is 9.83. The highest BCUT2D eigenvalue weighted by Gasteiger charge is 2.21. The predicted octanol–water partition coefficient (Wildman–Crippen LogP) is 2.56. The van der Waals surface area contributed by atoms with Gasteiger partial charge in [0, 0.05) is 12.2 Å². The van der Waals surface area contributed by atoms with E-state index in [2.05, 4.69) is 9.97 Å². The van der Waals surface area contributed by atoms with Gasteiger partial charge in [0.15, 0.2) is 0 Å². The number of hydrogen-bond acceptors (Lipinski definition) is 5. The summed E-state index contributed by atoms with van der Waals surface area (Å²) >= 11 is 1.59. The second-order valence-electron chi connectivity index (χ2n) is 3.89. The molecule has 2 N–H and O–H groups in total. The van der Waals surface area contributed by atoms with Crippen LogP contribution >= 0.6 is 11.8 Å². The van der Waals surface area contributed by atoms with Crippen LogP contribution in [0.15, 0.2) is 40.2 Å². The molecule has 90 valence electrons. The van der Waals surface area contributed by atoms with E-state index in [4.69, 9.17) is 10.2 Å². The van der Waals surface area contributed by atoms with Crippen LogP contribution in [0.3, 0.4) is 0 Å². The molecule has 0 fully saturated rings. The van der Waals surface area contributed by atoms with Crippen molar-refractivity contribution in [2.45, 2.75) is 30.2 Å². The molecular weight excluding hydrogens is 234 g/mol. The van der Waals surface area contributed by atoms with E-state index in [1.165, 1.54) is 6.33 Å². The van der Waals surface area contributed by atoms with Gasteiger partial charge in [-0.05, 0) is 32.0 Å². The molecule has 0 radical (unpaired) electrons. The van der Waals surface area contributed by atoms with Crippen LogP contribution in [0, 0.1) is 6.92 Å². The summed E-state index contributed by atoms with van der Waals surface area (Å²) in [6, 6.07) is 5.78. The van der Waals surface area contributed by atoms with Gasteiger partial charge in [0.2, 0.25) is 0 Å². The first-order valence-corrected chi connectivity index (χ1v) is 6.29. The Morgan fingerprint density at radius 1 is 1.35 bits per heavy atom. The van der Waals surface area contributed by atoms with Gasteiger partial charge in [0.25, 0.3) is 0 Å². The summed E-state index contributed by atoms with van der Waals surface area (Å²) in [5.74, 6) is 1.79. The molecule has 0 saturated carbocycles. The molecule has 2 atom stereocenters. The van der Waals surface area contributed by atoms with E-state index in [0.717, 1.165) is 16.5 Å². The zero-order chi connectivity index (χ0) is 12.3. The van der Waals surface area contributed by atoms with Gasteiger partial charge in [-0.1, -0.05) is 11.8 Å². The molecule has 0 aliphatic carbocycles. The van der Waals surface area contributed by atoms with Gasteiger partial charge in [-0.25, -0.2) is 9.97 Å². The maximum Gasteiger partial charge on any atom is 0.119 e. The van der Waals surface area contributed by atoms with E-state index in [1.807, 2.05) is 32.0 Å². The lowest BCUT2D eigenvalue weighted by Crippen LogP contribution is -2.22. The van der Waals surface area contributed by atoms with Gasteiger partial charge in [-0.3, -0.25) is 0 Å². The molecular formula is C12H15N3OS. The van der Waals surface area contributed by atoms with E-state index in [1.54, 1.807) is 18.0 Å². The monoisotopic (exact) mass is 249 g/mol. The van der Waals surface area contributed by atoms with Gasteiger partial charge >= 0.3 is 0 Å². The van der Waals surface area contributed by atoms with Crippen molar-refractivity contribution >= 4 is 11.8 Å². The van der Waals surface area contributed by atoms with Gasteiger partial charge in [-0.2, -0.15) is 0 Å². The molecule has 0 amide bonds. The number of aromatic nitrogens is 2. The fourth-order valence-corrected chi connectivity index (χ4v) is 2.47. The summed E-state index contributed by atoms with van der Waals surface area (Å²) in [5, 5.41) is 0.968. The molecule has 5 heteroatoms. The van der Waals surface area contributed by atoms with Crippen molar-refractivity contribution in [3.8, 4) is 0 Å². The molecule has 2 unspecified atom stereocenters. The van der Waals surface area contributed by atoms with Crippen LogP contribution in [0.25, 0.3) is 0 Å². The SMILES string of the molecule is Cc1ccc(C(Sc2ccncn2)C(C)N)o1. The molecule has 17 heavy (non-hydrogen) atoms. The molecule has 0 saturated heterocycles. The number of aryl methyl sites for hydroxylation is 1. The highest BCUT2D eigenvalue weighted by atomic mass is 32.2. The largest absolute Gasteiger partial charge is 0.465 e. The first-order chi connectivity index (χ1) is 8.16. The average Bonchev–Trinajstić information content (AvgIpc) is 2.73. The van der Waals surface area contributed by atoms with Gasteiger partial charge in [0.05, 0.1) is 5.25 Å². The van der Waals surface area contributed by atoms with Crippen molar-refractivity contribution in [2.75, 3.05) is 0 Å². The smallest absolute Gasteiger partial charge is 0.119 e. The molecule has 0 aliphatic rings. The summed E-state index contributed by atoms with van der Waals surface area (Å²) in [4.78, 5) is 8.08. The number of rotatable bonds is 4. The van der Waals surface area contributed by atoms with Crippen molar-refractivity contribution in [3.63, 3.8) is 0 Å². The Kier molecular flexibility index (Phi) is 3.81. The fraction of sp³-hybridized carbons (Fsp3) is 0.333. The second kappa shape index (κ2) is 5.33. The Hall–Kier alpha value is -1.33. The number of hydrogen-bond donors (Lipinski definition) is 1. The standard InChI is InChI=1S/C12H15N3OS/c1-8-3-4-10(16-8)12(9(2)13)17-11-5-6-14-7-15-11/h3-7,9,12H,13H2,1-2H3. The third-order valence-electron chi connectivity index (χ3n) is 2.32. The molecule has 0 spiro atoms. The minimum atomic E-state index is -0.0134. The first-order valence-electron chi connectivity index (χ1n) is 5.41. The molecule has 2 rings (SSSR count). The predicted molar refractivity (Wildman–Crippen MR) is 67.7 cm³/mol. The quantitative estimate of drug-likeness (QED) is 0.666. The topological polar surface area (TPSA) is 64.9 Å². The van der Waals surface area contributed by atoms with Gasteiger partial charge in [-0.15, -0.1) is 0 Å². The molecule has 4 nitrogen and oxygen atoms in total. The van der Waals surface area contributed by atoms with Crippen molar-refractivity contribution in [2.24, 2.45) is 5.73 Å². The Labute approximate surface area is 105 Å². The van der Waals surface area contributed by atoms with Crippen molar-refractivity contribution in [1.29, 1.82) is 0 Å². The molecule has 2 aromatic rings. The van der Waals surface area contributed by atoms with Crippen LogP contribution < -0.4 is 5.73 Å². The molecule has 2 aromatic heterocycles. The number of furan rings is 1. The zero-order valence-corrected chi connectivity index (χ0v) is 10.6. The van der Waals surface area contributed by atoms with E-state index in [-0.39, 0.29) is 11.3 Å². The fourth-order valence-electron chi connectivity index (χ4n) is 1.51. The van der Waals surface area contributed by atoms with E-state index >= 15 is 0 Å². The second-order valence-corrected chi connectivity index (χ2v) is 5.06. The Balaban J connectivity index is 2.19. The first kappa shape index (κ1) is 12.1. The van der Waals surface area contributed by atoms with Crippen LogP contribution in [0.2, 0.25) is 0 Å². The Morgan fingerprint density at radius 3 is 2.71 bits per heavy atom. The number of thioether (sulfide) groups is 1. The maximum atomic E-state index is 6.00. The minimum absolute atomic E-state index is 0.0134. The highest BCUT2D eigenvalue weighted by Crippen LogP contribution is 2.36. The Bertz CT molecular complexity index is 470. The molecule has 0 aliphatic heterocycles. The summed E-state index contributed by atoms with van der Waals surface area (Å²) in [6.07, 6.45) is 3.26. The van der Waals surface area contributed by atoms with E-state index < -0.39 is 0 Å². The van der Waals surface area contributed by atoms with Crippen LogP contribution in [-0.2, 0) is 0 Å². The maximum absolute atomic E-state index is 6.00. The van der Waals surface area contributed by atoms with Crippen LogP contribution in [0.4, 0.5) is 0 Å². The summed E-state index contributed by atoms with van der Waals surface area (Å²) in [7, 11) is 0. The van der Waals surface area contributed by atoms with E-state index in [9.17, 15) is 0 Å². The van der Waals surface area contributed by atoms with Crippen LogP contribution in [0.1, 0.15) is 23.7 Å². The van der Waals surface area contributed by atoms with Gasteiger partial charge in [0.1, 0.15) is 22.9 Å². The summed E-state index contributed by atoms with van der Waals surface area (Å²) in [5.41, 5.74) is 6.00. The van der Waals surface area contributed by atoms with Crippen molar-refractivity contribution in [1.82, 2.24) is 9.97 Å². The van der Waals surface area contributed by atoms with Crippen LogP contribution in [-0.4, -0.2) is 16.0 Å². The van der Waals surface area contributed by atoms with Crippen LogP contribution in [0.5, 0.6) is 0 Å². The van der Waals surface area contributed by atoms with Crippen molar-refractivity contribution in [3.05, 3.63) is 42.2 Å². The third kappa shape index (κ3) is 3.08. The average molecular weight is 249 g/mol. The Morgan fingerprint density at radius 2 is 2.18 bits per heavy atom. The van der Waals surface area contributed by atoms with E-state index in [0.29, 0.717) is 0 Å². The molecule has 2 heterocycles. The third-order valence-corrected chi connectivity index (χ3v) is 3.72. The normalized spacial score (nSPS) is 14.5. The van der Waals surface area contributed by atoms with Crippen molar-refractivity contribution < 1.29 is 4.42 Å². The molecule has 0 bridgehead atoms. The molecule has 0 aromatic carbocycles. The summed E-state index contributed by atoms with van der Waals surface area (Å²) in [6.45, 7) is 3.90. The summed E-state index contributed by atoms with van der Waals surface area (Å²) < 4.78 is 5.63. The lowest BCUT2D eigenvalue weighted by molar-refractivity contribution is 0.464. The highest BCUT2D eigenvalue weighted by molar-refractivity contribution is 7.99. The number of nitrogens with zero attached hydrogens (tertiary/aromatic N) is 2. The lowest BCUT2D eigenvalue weighted by atomic mass is 10.2. The number of nitrogens with two attached hydrogens (primary N) is 1. The lowest BCUT2D eigenvalue weighted by Gasteiger charge is -2.17. The van der Waals surface area contributed by atoms with Gasteiger partial charge < -0.3 is 10.2 Å².